The third-order valence-electron chi connectivity index (χ3n) is 4.11. The first-order valence-corrected chi connectivity index (χ1v) is 8.48. The fourth-order valence-electron chi connectivity index (χ4n) is 2.73. The van der Waals surface area contributed by atoms with Gasteiger partial charge in [-0.05, 0) is 20.8 Å². The van der Waals surface area contributed by atoms with Gasteiger partial charge in [0.2, 0.25) is 0 Å². The largest absolute Gasteiger partial charge is 0.311 e. The molecule has 0 amide bonds. The Labute approximate surface area is 131 Å². The van der Waals surface area contributed by atoms with Gasteiger partial charge < -0.3 is 5.32 Å². The Morgan fingerprint density at radius 2 is 2.05 bits per heavy atom. The summed E-state index contributed by atoms with van der Waals surface area (Å²) in [4.78, 5) is 7.34. The quantitative estimate of drug-likeness (QED) is 0.943. The molecule has 2 unspecified atom stereocenters. The number of hydrogen-bond donors (Lipinski definition) is 1. The summed E-state index contributed by atoms with van der Waals surface area (Å²) >= 11 is 1.75. The Kier molecular flexibility index (Phi) is 4.38. The van der Waals surface area contributed by atoms with E-state index in [0.717, 1.165) is 24.6 Å². The number of aryl methyl sites for hydroxylation is 1. The number of thiazole rings is 1. The number of piperazine rings is 1. The molecule has 2 heterocycles. The molecule has 0 aliphatic carbocycles. The summed E-state index contributed by atoms with van der Waals surface area (Å²) in [5, 5.41) is 6.85. The van der Waals surface area contributed by atoms with Crippen LogP contribution in [0.4, 0.5) is 0 Å². The van der Waals surface area contributed by atoms with Gasteiger partial charge in [-0.1, -0.05) is 29.8 Å². The van der Waals surface area contributed by atoms with Crippen LogP contribution >= 0.6 is 11.3 Å². The van der Waals surface area contributed by atoms with Crippen molar-refractivity contribution >= 4 is 11.3 Å². The van der Waals surface area contributed by atoms with E-state index in [9.17, 15) is 0 Å². The van der Waals surface area contributed by atoms with Crippen molar-refractivity contribution in [2.75, 3.05) is 13.1 Å². The molecular weight excluding hydrogens is 278 g/mol. The normalized spacial score (nSPS) is 23.4. The minimum atomic E-state index is 0.566. The van der Waals surface area contributed by atoms with Crippen molar-refractivity contribution in [3.8, 4) is 10.6 Å². The lowest BCUT2D eigenvalue weighted by Crippen LogP contribution is -2.53. The molecule has 21 heavy (non-hydrogen) atoms. The monoisotopic (exact) mass is 301 g/mol. The molecule has 2 atom stereocenters. The Morgan fingerprint density at radius 3 is 2.81 bits per heavy atom. The van der Waals surface area contributed by atoms with E-state index in [-0.39, 0.29) is 0 Å². The standard InChI is InChI=1S/C17H23N3S/c1-12-4-6-15(7-5-12)17-19-16(11-21-17)10-20-9-13(2)18-8-14(20)3/h4-7,11,13-14,18H,8-10H2,1-3H3. The van der Waals surface area contributed by atoms with Crippen LogP contribution < -0.4 is 5.32 Å². The van der Waals surface area contributed by atoms with Crippen LogP contribution in [0.1, 0.15) is 25.1 Å². The van der Waals surface area contributed by atoms with E-state index in [0.29, 0.717) is 12.1 Å². The van der Waals surface area contributed by atoms with Gasteiger partial charge in [0.25, 0.3) is 0 Å². The van der Waals surface area contributed by atoms with Crippen LogP contribution in [0.15, 0.2) is 29.6 Å². The van der Waals surface area contributed by atoms with Crippen LogP contribution in [-0.2, 0) is 6.54 Å². The van der Waals surface area contributed by atoms with E-state index >= 15 is 0 Å². The van der Waals surface area contributed by atoms with Crippen LogP contribution in [0.5, 0.6) is 0 Å². The van der Waals surface area contributed by atoms with Crippen molar-refractivity contribution in [2.24, 2.45) is 0 Å². The van der Waals surface area contributed by atoms with E-state index in [1.807, 2.05) is 0 Å². The second-order valence-electron chi connectivity index (χ2n) is 6.10. The number of nitrogens with zero attached hydrogens (tertiary/aromatic N) is 2. The highest BCUT2D eigenvalue weighted by Crippen LogP contribution is 2.25. The van der Waals surface area contributed by atoms with Crippen LogP contribution in [-0.4, -0.2) is 35.1 Å². The lowest BCUT2D eigenvalue weighted by Gasteiger charge is -2.37. The Bertz CT molecular complexity index is 590. The number of benzene rings is 1. The number of hydrogen-bond acceptors (Lipinski definition) is 4. The third kappa shape index (κ3) is 3.51. The average molecular weight is 301 g/mol. The summed E-state index contributed by atoms with van der Waals surface area (Å²) in [6, 6.07) is 9.76. The molecule has 0 bridgehead atoms. The minimum Gasteiger partial charge on any atom is -0.311 e. The topological polar surface area (TPSA) is 28.2 Å². The van der Waals surface area contributed by atoms with Gasteiger partial charge in [-0.3, -0.25) is 4.90 Å². The number of rotatable bonds is 3. The lowest BCUT2D eigenvalue weighted by atomic mass is 10.1. The summed E-state index contributed by atoms with van der Waals surface area (Å²) in [5.41, 5.74) is 3.70. The van der Waals surface area contributed by atoms with E-state index in [1.54, 1.807) is 11.3 Å². The van der Waals surface area contributed by atoms with Crippen molar-refractivity contribution < 1.29 is 0 Å². The predicted octanol–water partition coefficient (Wildman–Crippen LogP) is 3.30. The van der Waals surface area contributed by atoms with Gasteiger partial charge in [0, 0.05) is 42.7 Å². The Hall–Kier alpha value is -1.23. The van der Waals surface area contributed by atoms with Crippen molar-refractivity contribution in [3.63, 3.8) is 0 Å². The molecule has 1 aromatic carbocycles. The predicted molar refractivity (Wildman–Crippen MR) is 89.6 cm³/mol. The van der Waals surface area contributed by atoms with Gasteiger partial charge >= 0.3 is 0 Å². The highest BCUT2D eigenvalue weighted by molar-refractivity contribution is 7.13. The second-order valence-corrected chi connectivity index (χ2v) is 6.96. The maximum atomic E-state index is 4.82. The maximum Gasteiger partial charge on any atom is 0.123 e. The Balaban J connectivity index is 1.71. The molecular formula is C17H23N3S. The first kappa shape index (κ1) is 14.7. The van der Waals surface area contributed by atoms with Gasteiger partial charge in [-0.15, -0.1) is 11.3 Å². The van der Waals surface area contributed by atoms with Crippen LogP contribution in [0.25, 0.3) is 10.6 Å². The lowest BCUT2D eigenvalue weighted by molar-refractivity contribution is 0.137. The molecule has 4 heteroatoms. The smallest absolute Gasteiger partial charge is 0.123 e. The molecule has 2 aromatic rings. The van der Waals surface area contributed by atoms with Gasteiger partial charge in [-0.2, -0.15) is 0 Å². The van der Waals surface area contributed by atoms with Crippen molar-refractivity contribution in [2.45, 2.75) is 39.4 Å². The molecule has 3 nitrogen and oxygen atoms in total. The van der Waals surface area contributed by atoms with Crippen molar-refractivity contribution in [1.82, 2.24) is 15.2 Å². The van der Waals surface area contributed by atoms with E-state index in [4.69, 9.17) is 4.98 Å². The highest BCUT2D eigenvalue weighted by atomic mass is 32.1. The van der Waals surface area contributed by atoms with E-state index in [1.165, 1.54) is 16.8 Å². The van der Waals surface area contributed by atoms with Crippen LogP contribution in [0.2, 0.25) is 0 Å². The molecule has 3 rings (SSSR count). The van der Waals surface area contributed by atoms with Crippen molar-refractivity contribution in [3.05, 3.63) is 40.9 Å². The molecule has 1 aromatic heterocycles. The summed E-state index contributed by atoms with van der Waals surface area (Å²) in [6.07, 6.45) is 0. The summed E-state index contributed by atoms with van der Waals surface area (Å²) in [6.45, 7) is 9.76. The SMILES string of the molecule is Cc1ccc(-c2nc(CN3CC(C)NCC3C)cs2)cc1. The zero-order valence-corrected chi connectivity index (χ0v) is 13.8. The average Bonchev–Trinajstić information content (AvgIpc) is 2.92. The van der Waals surface area contributed by atoms with Gasteiger partial charge in [0.1, 0.15) is 5.01 Å². The first-order valence-electron chi connectivity index (χ1n) is 7.60. The second kappa shape index (κ2) is 6.26. The molecule has 0 saturated carbocycles. The van der Waals surface area contributed by atoms with Crippen LogP contribution in [0.3, 0.4) is 0 Å². The van der Waals surface area contributed by atoms with E-state index in [2.05, 4.69) is 60.6 Å². The molecule has 1 fully saturated rings. The zero-order valence-electron chi connectivity index (χ0n) is 13.0. The third-order valence-corrected chi connectivity index (χ3v) is 5.05. The summed E-state index contributed by atoms with van der Waals surface area (Å²) in [7, 11) is 0. The fraction of sp³-hybridized carbons (Fsp3) is 0.471. The van der Waals surface area contributed by atoms with E-state index < -0.39 is 0 Å². The first-order chi connectivity index (χ1) is 10.1. The molecule has 1 aliphatic heterocycles. The molecule has 1 N–H and O–H groups in total. The van der Waals surface area contributed by atoms with Gasteiger partial charge in [-0.25, -0.2) is 4.98 Å². The highest BCUT2D eigenvalue weighted by Gasteiger charge is 2.22. The van der Waals surface area contributed by atoms with Crippen LogP contribution in [0, 0.1) is 6.92 Å². The molecule has 0 spiro atoms. The van der Waals surface area contributed by atoms with Gasteiger partial charge in [0.15, 0.2) is 0 Å². The molecule has 1 saturated heterocycles. The molecule has 0 radical (unpaired) electrons. The fourth-order valence-corrected chi connectivity index (χ4v) is 3.55. The minimum absolute atomic E-state index is 0.566. The maximum absolute atomic E-state index is 4.82. The zero-order chi connectivity index (χ0) is 14.8. The summed E-state index contributed by atoms with van der Waals surface area (Å²) in [5.74, 6) is 0. The molecule has 1 aliphatic rings. The number of aromatic nitrogens is 1. The van der Waals surface area contributed by atoms with Crippen molar-refractivity contribution in [1.29, 1.82) is 0 Å². The summed E-state index contributed by atoms with van der Waals surface area (Å²) < 4.78 is 0. The van der Waals surface area contributed by atoms with Gasteiger partial charge in [0.05, 0.1) is 5.69 Å². The Morgan fingerprint density at radius 1 is 1.29 bits per heavy atom. The number of nitrogens with one attached hydrogen (secondary N) is 1. The molecule has 112 valence electrons.